The fourth-order valence-corrected chi connectivity index (χ4v) is 1.99. The number of benzene rings is 2. The molecule has 5 heteroatoms. The molecule has 0 aliphatic heterocycles. The van der Waals surface area contributed by atoms with Crippen LogP contribution in [0.2, 0.25) is 10.0 Å². The molecule has 0 atom stereocenters. The molecule has 21 heavy (non-hydrogen) atoms. The summed E-state index contributed by atoms with van der Waals surface area (Å²) in [6.45, 7) is 2.15. The zero-order valence-corrected chi connectivity index (χ0v) is 13.1. The van der Waals surface area contributed by atoms with Gasteiger partial charge in [-0.1, -0.05) is 47.5 Å². The Morgan fingerprint density at radius 2 is 1.43 bits per heavy atom. The van der Waals surface area contributed by atoms with Gasteiger partial charge in [0.1, 0.15) is 6.61 Å². The molecule has 110 valence electrons. The Hall–Kier alpha value is -1.55. The highest BCUT2D eigenvalue weighted by Crippen LogP contribution is 2.14. The van der Waals surface area contributed by atoms with Crippen molar-refractivity contribution in [1.29, 1.82) is 0 Å². The van der Waals surface area contributed by atoms with Crippen LogP contribution in [0.3, 0.4) is 0 Å². The number of rotatable bonds is 5. The average molecular weight is 324 g/mol. The largest absolute Gasteiger partial charge is 0.273 e. The lowest BCUT2D eigenvalue weighted by atomic mass is 10.2. The molecule has 2 rings (SSSR count). The van der Waals surface area contributed by atoms with E-state index in [4.69, 9.17) is 28.0 Å². The summed E-state index contributed by atoms with van der Waals surface area (Å²) in [5.41, 5.74) is 1.90. The van der Waals surface area contributed by atoms with Crippen LogP contribution in [0.5, 0.6) is 0 Å². The standard InChI is InChI=1S/C16H15Cl2NO2/c1-12(20)19(10-13-2-6-15(17)7-3-13)21-11-14-4-8-16(18)9-5-14/h2-9H,10-11H2,1H3. The van der Waals surface area contributed by atoms with E-state index in [0.717, 1.165) is 11.1 Å². The monoisotopic (exact) mass is 323 g/mol. The first-order valence-corrected chi connectivity index (χ1v) is 7.20. The quantitative estimate of drug-likeness (QED) is 0.759. The normalized spacial score (nSPS) is 10.4. The molecule has 0 N–H and O–H groups in total. The predicted octanol–water partition coefficient (Wildman–Crippen LogP) is 4.47. The van der Waals surface area contributed by atoms with Crippen LogP contribution in [-0.2, 0) is 22.8 Å². The number of carbonyl (C=O) groups is 1. The van der Waals surface area contributed by atoms with Crippen molar-refractivity contribution in [2.24, 2.45) is 0 Å². The molecule has 0 saturated carbocycles. The van der Waals surface area contributed by atoms with Crippen molar-refractivity contribution >= 4 is 29.1 Å². The van der Waals surface area contributed by atoms with Gasteiger partial charge < -0.3 is 0 Å². The first kappa shape index (κ1) is 15.8. The Kier molecular flexibility index (Phi) is 5.62. The van der Waals surface area contributed by atoms with E-state index in [1.54, 1.807) is 24.3 Å². The number of amides is 1. The van der Waals surface area contributed by atoms with Crippen molar-refractivity contribution in [3.63, 3.8) is 0 Å². The van der Waals surface area contributed by atoms with Crippen LogP contribution in [0, 0.1) is 0 Å². The van der Waals surface area contributed by atoms with E-state index in [1.807, 2.05) is 24.3 Å². The second-order valence-corrected chi connectivity index (χ2v) is 5.45. The Morgan fingerprint density at radius 3 is 1.90 bits per heavy atom. The topological polar surface area (TPSA) is 29.5 Å². The number of carbonyl (C=O) groups excluding carboxylic acids is 1. The molecular weight excluding hydrogens is 309 g/mol. The lowest BCUT2D eigenvalue weighted by molar-refractivity contribution is -0.193. The highest BCUT2D eigenvalue weighted by Gasteiger charge is 2.10. The fourth-order valence-electron chi connectivity index (χ4n) is 1.74. The molecule has 0 spiro atoms. The van der Waals surface area contributed by atoms with Crippen molar-refractivity contribution in [2.75, 3.05) is 0 Å². The summed E-state index contributed by atoms with van der Waals surface area (Å²) in [5.74, 6) is -0.154. The molecule has 0 aliphatic rings. The van der Waals surface area contributed by atoms with Gasteiger partial charge in [-0.05, 0) is 35.4 Å². The minimum absolute atomic E-state index is 0.154. The van der Waals surface area contributed by atoms with Crippen molar-refractivity contribution in [1.82, 2.24) is 5.06 Å². The van der Waals surface area contributed by atoms with Crippen LogP contribution in [-0.4, -0.2) is 11.0 Å². The Labute approximate surface area is 134 Å². The van der Waals surface area contributed by atoms with Crippen LogP contribution >= 0.6 is 23.2 Å². The van der Waals surface area contributed by atoms with Crippen molar-refractivity contribution < 1.29 is 9.63 Å². The SMILES string of the molecule is CC(=O)N(Cc1ccc(Cl)cc1)OCc1ccc(Cl)cc1. The minimum atomic E-state index is -0.154. The van der Waals surface area contributed by atoms with Gasteiger partial charge in [0.05, 0.1) is 6.54 Å². The third-order valence-corrected chi connectivity index (χ3v) is 3.39. The van der Waals surface area contributed by atoms with E-state index < -0.39 is 0 Å². The van der Waals surface area contributed by atoms with Gasteiger partial charge in [0.2, 0.25) is 5.91 Å². The van der Waals surface area contributed by atoms with Crippen LogP contribution in [0.1, 0.15) is 18.1 Å². The van der Waals surface area contributed by atoms with E-state index in [1.165, 1.54) is 12.0 Å². The van der Waals surface area contributed by atoms with Gasteiger partial charge >= 0.3 is 0 Å². The molecule has 0 heterocycles. The second kappa shape index (κ2) is 7.46. The van der Waals surface area contributed by atoms with Crippen molar-refractivity contribution in [3.8, 4) is 0 Å². The zero-order valence-electron chi connectivity index (χ0n) is 11.6. The van der Waals surface area contributed by atoms with Gasteiger partial charge in [0.15, 0.2) is 0 Å². The van der Waals surface area contributed by atoms with Crippen LogP contribution in [0.15, 0.2) is 48.5 Å². The summed E-state index contributed by atoms with van der Waals surface area (Å²) >= 11 is 11.7. The first-order chi connectivity index (χ1) is 10.0. The summed E-state index contributed by atoms with van der Waals surface area (Å²) in [6.07, 6.45) is 0. The summed E-state index contributed by atoms with van der Waals surface area (Å²) in [5, 5.41) is 2.66. The van der Waals surface area contributed by atoms with Crippen LogP contribution in [0.4, 0.5) is 0 Å². The average Bonchev–Trinajstić information content (AvgIpc) is 2.47. The summed E-state index contributed by atoms with van der Waals surface area (Å²) in [7, 11) is 0. The van der Waals surface area contributed by atoms with Crippen molar-refractivity contribution in [3.05, 3.63) is 69.7 Å². The van der Waals surface area contributed by atoms with E-state index in [0.29, 0.717) is 23.2 Å². The molecule has 3 nitrogen and oxygen atoms in total. The number of hydrogen-bond donors (Lipinski definition) is 0. The van der Waals surface area contributed by atoms with Crippen LogP contribution < -0.4 is 0 Å². The molecule has 1 amide bonds. The Balaban J connectivity index is 1.97. The van der Waals surface area contributed by atoms with Gasteiger partial charge in [0, 0.05) is 17.0 Å². The minimum Gasteiger partial charge on any atom is -0.273 e. The maximum atomic E-state index is 11.6. The van der Waals surface area contributed by atoms with Crippen molar-refractivity contribution in [2.45, 2.75) is 20.1 Å². The first-order valence-electron chi connectivity index (χ1n) is 6.44. The number of hydrogen-bond acceptors (Lipinski definition) is 2. The Bertz CT molecular complexity index is 597. The summed E-state index contributed by atoms with van der Waals surface area (Å²) in [6, 6.07) is 14.6. The molecule has 0 radical (unpaired) electrons. The molecule has 0 unspecified atom stereocenters. The molecule has 0 bridgehead atoms. The van der Waals surface area contributed by atoms with Gasteiger partial charge in [0.25, 0.3) is 0 Å². The maximum Gasteiger partial charge on any atom is 0.243 e. The smallest absolute Gasteiger partial charge is 0.243 e. The molecule has 2 aromatic rings. The maximum absolute atomic E-state index is 11.6. The molecule has 0 saturated heterocycles. The summed E-state index contributed by atoms with van der Waals surface area (Å²) in [4.78, 5) is 17.2. The third kappa shape index (κ3) is 5.05. The number of hydroxylamine groups is 2. The molecule has 0 fully saturated rings. The van der Waals surface area contributed by atoms with Gasteiger partial charge in [-0.15, -0.1) is 0 Å². The predicted molar refractivity (Wildman–Crippen MR) is 83.9 cm³/mol. The third-order valence-electron chi connectivity index (χ3n) is 2.89. The molecular formula is C16H15Cl2NO2. The Morgan fingerprint density at radius 1 is 0.952 bits per heavy atom. The van der Waals surface area contributed by atoms with Gasteiger partial charge in [-0.3, -0.25) is 9.63 Å². The van der Waals surface area contributed by atoms with Gasteiger partial charge in [-0.25, -0.2) is 5.06 Å². The summed E-state index contributed by atoms with van der Waals surface area (Å²) < 4.78 is 0. The molecule has 0 aromatic heterocycles. The van der Waals surface area contributed by atoms with Gasteiger partial charge in [-0.2, -0.15) is 0 Å². The highest BCUT2D eigenvalue weighted by atomic mass is 35.5. The molecule has 0 aliphatic carbocycles. The lowest BCUT2D eigenvalue weighted by Crippen LogP contribution is -2.28. The van der Waals surface area contributed by atoms with E-state index >= 15 is 0 Å². The lowest BCUT2D eigenvalue weighted by Gasteiger charge is -2.20. The number of nitrogens with zero attached hydrogens (tertiary/aromatic N) is 1. The number of halogens is 2. The fraction of sp³-hybridized carbons (Fsp3) is 0.188. The van der Waals surface area contributed by atoms with E-state index in [-0.39, 0.29) is 5.91 Å². The van der Waals surface area contributed by atoms with E-state index in [2.05, 4.69) is 0 Å². The van der Waals surface area contributed by atoms with Crippen LogP contribution in [0.25, 0.3) is 0 Å². The second-order valence-electron chi connectivity index (χ2n) is 4.58. The highest BCUT2D eigenvalue weighted by molar-refractivity contribution is 6.30. The zero-order chi connectivity index (χ0) is 15.2. The van der Waals surface area contributed by atoms with E-state index in [9.17, 15) is 4.79 Å². The molecule has 2 aromatic carbocycles.